The molecule has 2 heterocycles. The molecule has 1 saturated heterocycles. The first-order valence-corrected chi connectivity index (χ1v) is 8.10. The normalized spacial score (nSPS) is 19.6. The first-order valence-electron chi connectivity index (χ1n) is 8.10. The number of rotatable bonds is 4. The molecule has 0 aliphatic carbocycles. The van der Waals surface area contributed by atoms with Crippen LogP contribution >= 0.6 is 0 Å². The maximum Gasteiger partial charge on any atom is 0.244 e. The second kappa shape index (κ2) is 6.96. The molecule has 5 nitrogen and oxygen atoms in total. The van der Waals surface area contributed by atoms with Crippen molar-refractivity contribution in [3.05, 3.63) is 11.4 Å². The van der Waals surface area contributed by atoms with Gasteiger partial charge in [0.1, 0.15) is 6.54 Å². The molecule has 0 aromatic carbocycles. The molecule has 0 radical (unpaired) electrons. The van der Waals surface area contributed by atoms with Gasteiger partial charge in [-0.25, -0.2) is 0 Å². The third kappa shape index (κ3) is 3.77. The van der Waals surface area contributed by atoms with Gasteiger partial charge >= 0.3 is 0 Å². The highest BCUT2D eigenvalue weighted by molar-refractivity contribution is 5.76. The molecule has 1 aromatic heterocycles. The van der Waals surface area contributed by atoms with Crippen LogP contribution in [0.25, 0.3) is 0 Å². The van der Waals surface area contributed by atoms with Crippen LogP contribution in [0.4, 0.5) is 5.69 Å². The van der Waals surface area contributed by atoms with E-state index in [1.807, 2.05) is 18.7 Å². The molecule has 118 valence electrons. The van der Waals surface area contributed by atoms with Crippen molar-refractivity contribution in [1.82, 2.24) is 14.7 Å². The number of aryl methyl sites for hydroxylation is 1. The van der Waals surface area contributed by atoms with E-state index in [4.69, 9.17) is 5.73 Å². The van der Waals surface area contributed by atoms with Crippen LogP contribution in [0.1, 0.15) is 50.4 Å². The number of carbonyl (C=O) groups is 1. The number of carbonyl (C=O) groups excluding carboxylic acids is 1. The van der Waals surface area contributed by atoms with Crippen LogP contribution in [-0.2, 0) is 11.3 Å². The zero-order valence-electron chi connectivity index (χ0n) is 13.6. The Morgan fingerprint density at radius 1 is 1.33 bits per heavy atom. The molecule has 1 amide bonds. The Hall–Kier alpha value is -1.52. The van der Waals surface area contributed by atoms with Crippen LogP contribution in [0.2, 0.25) is 0 Å². The maximum atomic E-state index is 12.5. The van der Waals surface area contributed by atoms with Crippen molar-refractivity contribution >= 4 is 11.6 Å². The van der Waals surface area contributed by atoms with E-state index in [1.54, 1.807) is 4.68 Å². The van der Waals surface area contributed by atoms with E-state index < -0.39 is 0 Å². The van der Waals surface area contributed by atoms with Gasteiger partial charge in [-0.15, -0.1) is 0 Å². The fourth-order valence-corrected chi connectivity index (χ4v) is 3.20. The summed E-state index contributed by atoms with van der Waals surface area (Å²) >= 11 is 0. The van der Waals surface area contributed by atoms with E-state index in [2.05, 4.69) is 12.0 Å². The van der Waals surface area contributed by atoms with Crippen LogP contribution in [-0.4, -0.2) is 33.7 Å². The number of anilines is 1. The smallest absolute Gasteiger partial charge is 0.244 e. The lowest BCUT2D eigenvalue weighted by Crippen LogP contribution is -2.35. The van der Waals surface area contributed by atoms with E-state index in [1.165, 1.54) is 19.3 Å². The Balaban J connectivity index is 1.95. The number of amides is 1. The molecule has 0 bridgehead atoms. The van der Waals surface area contributed by atoms with Crippen molar-refractivity contribution in [3.63, 3.8) is 0 Å². The molecule has 5 heteroatoms. The summed E-state index contributed by atoms with van der Waals surface area (Å²) in [6, 6.07) is 0. The standard InChI is InChI=1S/C16H28N4O/c1-4-6-14-7-5-9-19(10-8-14)15(21)11-20-13(3)16(17)12(2)18-20/h14H,4-11,17H2,1-3H3. The summed E-state index contributed by atoms with van der Waals surface area (Å²) in [6.07, 6.45) is 6.04. The average Bonchev–Trinajstić information content (AvgIpc) is 2.65. The number of likely N-dealkylation sites (tertiary alicyclic amines) is 1. The van der Waals surface area contributed by atoms with Gasteiger partial charge < -0.3 is 10.6 Å². The molecule has 1 aromatic rings. The van der Waals surface area contributed by atoms with Gasteiger partial charge in [0.05, 0.1) is 17.1 Å². The monoisotopic (exact) mass is 292 g/mol. The zero-order chi connectivity index (χ0) is 15.4. The summed E-state index contributed by atoms with van der Waals surface area (Å²) in [4.78, 5) is 14.5. The second-order valence-electron chi connectivity index (χ2n) is 6.21. The van der Waals surface area contributed by atoms with Crippen molar-refractivity contribution < 1.29 is 4.79 Å². The Morgan fingerprint density at radius 3 is 2.71 bits per heavy atom. The second-order valence-corrected chi connectivity index (χ2v) is 6.21. The number of hydrogen-bond donors (Lipinski definition) is 1. The summed E-state index contributed by atoms with van der Waals surface area (Å²) in [5.74, 6) is 0.954. The van der Waals surface area contributed by atoms with E-state index in [0.717, 1.165) is 43.2 Å². The minimum absolute atomic E-state index is 0.165. The van der Waals surface area contributed by atoms with Crippen LogP contribution in [0.3, 0.4) is 0 Å². The highest BCUT2D eigenvalue weighted by atomic mass is 16.2. The molecule has 1 aliphatic heterocycles. The van der Waals surface area contributed by atoms with Crippen molar-refractivity contribution in [3.8, 4) is 0 Å². The Morgan fingerprint density at radius 2 is 2.10 bits per heavy atom. The maximum absolute atomic E-state index is 12.5. The largest absolute Gasteiger partial charge is 0.396 e. The van der Waals surface area contributed by atoms with Crippen molar-refractivity contribution in [1.29, 1.82) is 0 Å². The zero-order valence-corrected chi connectivity index (χ0v) is 13.6. The predicted octanol–water partition coefficient (Wildman–Crippen LogP) is 2.51. The van der Waals surface area contributed by atoms with Gasteiger partial charge in [0, 0.05) is 13.1 Å². The quantitative estimate of drug-likeness (QED) is 0.927. The minimum atomic E-state index is 0.165. The van der Waals surface area contributed by atoms with Gasteiger partial charge in [0.15, 0.2) is 0 Å². The summed E-state index contributed by atoms with van der Waals surface area (Å²) in [5, 5.41) is 4.36. The lowest BCUT2D eigenvalue weighted by Gasteiger charge is -2.21. The average molecular weight is 292 g/mol. The summed E-state index contributed by atoms with van der Waals surface area (Å²) in [6.45, 7) is 8.11. The molecule has 0 saturated carbocycles. The molecule has 1 fully saturated rings. The number of hydrogen-bond acceptors (Lipinski definition) is 3. The highest BCUT2D eigenvalue weighted by Gasteiger charge is 2.21. The molecule has 1 aliphatic rings. The fraction of sp³-hybridized carbons (Fsp3) is 0.750. The Labute approximate surface area is 127 Å². The molecule has 2 N–H and O–H groups in total. The van der Waals surface area contributed by atoms with Gasteiger partial charge in [-0.3, -0.25) is 9.48 Å². The molecule has 0 spiro atoms. The first kappa shape index (κ1) is 15.9. The summed E-state index contributed by atoms with van der Waals surface area (Å²) in [7, 11) is 0. The Kier molecular flexibility index (Phi) is 5.26. The lowest BCUT2D eigenvalue weighted by atomic mass is 9.96. The van der Waals surface area contributed by atoms with Crippen LogP contribution < -0.4 is 5.73 Å². The SMILES string of the molecule is CCCC1CCCN(C(=O)Cn2nc(C)c(N)c2C)CC1. The fourth-order valence-electron chi connectivity index (χ4n) is 3.20. The molecular formula is C16H28N4O. The van der Waals surface area contributed by atoms with Crippen molar-refractivity contribution in [2.45, 2.75) is 59.4 Å². The third-order valence-corrected chi connectivity index (χ3v) is 4.62. The number of nitrogen functional groups attached to an aromatic ring is 1. The van der Waals surface area contributed by atoms with Crippen molar-refractivity contribution in [2.24, 2.45) is 5.92 Å². The third-order valence-electron chi connectivity index (χ3n) is 4.62. The first-order chi connectivity index (χ1) is 10.0. The molecule has 1 unspecified atom stereocenters. The van der Waals surface area contributed by atoms with Crippen LogP contribution in [0.15, 0.2) is 0 Å². The highest BCUT2D eigenvalue weighted by Crippen LogP contribution is 2.22. The predicted molar refractivity (Wildman–Crippen MR) is 84.9 cm³/mol. The van der Waals surface area contributed by atoms with E-state index in [-0.39, 0.29) is 5.91 Å². The molecule has 1 atom stereocenters. The van der Waals surface area contributed by atoms with Gasteiger partial charge in [-0.1, -0.05) is 19.8 Å². The summed E-state index contributed by atoms with van der Waals surface area (Å²) in [5.41, 5.74) is 8.31. The topological polar surface area (TPSA) is 64.2 Å². The number of nitrogens with two attached hydrogens (primary N) is 1. The molecular weight excluding hydrogens is 264 g/mol. The number of aromatic nitrogens is 2. The van der Waals surface area contributed by atoms with Gasteiger partial charge in [-0.2, -0.15) is 5.10 Å². The van der Waals surface area contributed by atoms with E-state index >= 15 is 0 Å². The minimum Gasteiger partial charge on any atom is -0.396 e. The van der Waals surface area contributed by atoms with Crippen LogP contribution in [0.5, 0.6) is 0 Å². The molecule has 21 heavy (non-hydrogen) atoms. The van der Waals surface area contributed by atoms with Gasteiger partial charge in [0.25, 0.3) is 0 Å². The van der Waals surface area contributed by atoms with Crippen LogP contribution in [0, 0.1) is 19.8 Å². The van der Waals surface area contributed by atoms with Gasteiger partial charge in [-0.05, 0) is 39.0 Å². The van der Waals surface area contributed by atoms with Crippen molar-refractivity contribution in [2.75, 3.05) is 18.8 Å². The Bertz CT molecular complexity index is 495. The van der Waals surface area contributed by atoms with E-state index in [0.29, 0.717) is 12.2 Å². The van der Waals surface area contributed by atoms with E-state index in [9.17, 15) is 4.79 Å². The number of nitrogens with zero attached hydrogens (tertiary/aromatic N) is 3. The molecule has 2 rings (SSSR count). The lowest BCUT2D eigenvalue weighted by molar-refractivity contribution is -0.132. The summed E-state index contributed by atoms with van der Waals surface area (Å²) < 4.78 is 1.74. The van der Waals surface area contributed by atoms with Gasteiger partial charge in [0.2, 0.25) is 5.91 Å².